The van der Waals surface area contributed by atoms with Crippen molar-refractivity contribution in [3.8, 4) is 0 Å². The number of carbonyl (C=O) groups is 2. The number of hydrogen-bond donors (Lipinski definition) is 1. The van der Waals surface area contributed by atoms with E-state index >= 15 is 0 Å². The van der Waals surface area contributed by atoms with Gasteiger partial charge in [-0.3, -0.25) is 19.7 Å². The summed E-state index contributed by atoms with van der Waals surface area (Å²) in [6.07, 6.45) is 1.86. The van der Waals surface area contributed by atoms with Crippen LogP contribution in [0.4, 0.5) is 11.4 Å². The fourth-order valence-corrected chi connectivity index (χ4v) is 1.58. The molecule has 1 rings (SSSR count). The number of halogens is 1. The van der Waals surface area contributed by atoms with Gasteiger partial charge in [0.2, 0.25) is 5.91 Å². The molecular weight excluding hydrogens is 272 g/mol. The van der Waals surface area contributed by atoms with Crippen LogP contribution in [0.5, 0.6) is 0 Å². The summed E-state index contributed by atoms with van der Waals surface area (Å²) in [5, 5.41) is 12.6. The summed E-state index contributed by atoms with van der Waals surface area (Å²) in [5.74, 6) is -0.296. The second-order valence-corrected chi connectivity index (χ2v) is 4.26. The third-order valence-electron chi connectivity index (χ3n) is 2.45. The molecule has 0 aliphatic carbocycles. The van der Waals surface area contributed by atoms with Crippen molar-refractivity contribution in [3.63, 3.8) is 0 Å². The number of hydrogen-bond acceptors (Lipinski definition) is 4. The maximum atomic E-state index is 11.5. The van der Waals surface area contributed by atoms with Gasteiger partial charge in [0.1, 0.15) is 5.69 Å². The molecule has 1 N–H and O–H groups in total. The number of unbranched alkanes of at least 4 members (excludes halogenated alkanes) is 1. The van der Waals surface area contributed by atoms with Crippen molar-refractivity contribution in [2.45, 2.75) is 26.2 Å². The predicted molar refractivity (Wildman–Crippen MR) is 71.4 cm³/mol. The van der Waals surface area contributed by atoms with E-state index < -0.39 is 10.2 Å². The number of nitro groups is 1. The van der Waals surface area contributed by atoms with E-state index in [-0.39, 0.29) is 22.8 Å². The van der Waals surface area contributed by atoms with Crippen molar-refractivity contribution in [1.82, 2.24) is 0 Å². The van der Waals surface area contributed by atoms with E-state index in [1.165, 1.54) is 12.1 Å². The zero-order valence-corrected chi connectivity index (χ0v) is 11.1. The minimum absolute atomic E-state index is 0.0138. The molecule has 0 saturated heterocycles. The summed E-state index contributed by atoms with van der Waals surface area (Å²) in [4.78, 5) is 32.7. The van der Waals surface area contributed by atoms with Crippen LogP contribution in [0.25, 0.3) is 0 Å². The summed E-state index contributed by atoms with van der Waals surface area (Å²) in [7, 11) is 0. The normalized spacial score (nSPS) is 10.0. The molecule has 0 saturated carbocycles. The monoisotopic (exact) mass is 284 g/mol. The molecule has 0 radical (unpaired) electrons. The van der Waals surface area contributed by atoms with Crippen molar-refractivity contribution in [2.24, 2.45) is 0 Å². The summed E-state index contributed by atoms with van der Waals surface area (Å²) in [5.41, 5.74) is -0.274. The van der Waals surface area contributed by atoms with E-state index in [2.05, 4.69) is 5.32 Å². The molecule has 0 spiro atoms. The number of anilines is 1. The van der Waals surface area contributed by atoms with Gasteiger partial charge in [-0.1, -0.05) is 13.3 Å². The molecule has 102 valence electrons. The molecule has 0 aromatic heterocycles. The number of carbonyl (C=O) groups excluding carboxylic acids is 2. The molecule has 19 heavy (non-hydrogen) atoms. The Bertz CT molecular complexity index is 516. The summed E-state index contributed by atoms with van der Waals surface area (Å²) in [6, 6.07) is 3.68. The van der Waals surface area contributed by atoms with Gasteiger partial charge in [-0.05, 0) is 30.2 Å². The Morgan fingerprint density at radius 3 is 2.63 bits per heavy atom. The number of nitro benzene ring substituents is 1. The van der Waals surface area contributed by atoms with Crippen LogP contribution in [0.2, 0.25) is 0 Å². The van der Waals surface area contributed by atoms with Crippen molar-refractivity contribution in [3.05, 3.63) is 33.9 Å². The highest BCUT2D eigenvalue weighted by Gasteiger charge is 2.18. The Hall–Kier alpha value is -1.95. The third-order valence-corrected chi connectivity index (χ3v) is 2.67. The van der Waals surface area contributed by atoms with E-state index in [4.69, 9.17) is 11.6 Å². The van der Waals surface area contributed by atoms with Crippen LogP contribution in [0.1, 0.15) is 36.5 Å². The molecule has 0 heterocycles. The number of nitrogens with one attached hydrogen (secondary N) is 1. The smallest absolute Gasteiger partial charge is 0.293 e. The second-order valence-electron chi connectivity index (χ2n) is 3.91. The first-order chi connectivity index (χ1) is 8.95. The highest BCUT2D eigenvalue weighted by molar-refractivity contribution is 6.67. The van der Waals surface area contributed by atoms with Crippen molar-refractivity contribution in [1.29, 1.82) is 0 Å². The van der Waals surface area contributed by atoms with E-state index in [1.54, 1.807) is 0 Å². The fourth-order valence-electron chi connectivity index (χ4n) is 1.46. The van der Waals surface area contributed by atoms with Gasteiger partial charge in [0.15, 0.2) is 0 Å². The van der Waals surface area contributed by atoms with Gasteiger partial charge in [-0.15, -0.1) is 0 Å². The molecule has 1 aromatic rings. The Morgan fingerprint density at radius 1 is 1.42 bits per heavy atom. The van der Waals surface area contributed by atoms with E-state index in [9.17, 15) is 19.7 Å². The van der Waals surface area contributed by atoms with Gasteiger partial charge in [-0.25, -0.2) is 0 Å². The standard InChI is InChI=1S/C12H13ClN2O4/c1-2-3-4-11(16)14-9-6-5-8(12(13)17)7-10(9)15(18)19/h5-7H,2-4H2,1H3,(H,14,16). The lowest BCUT2D eigenvalue weighted by atomic mass is 10.1. The van der Waals surface area contributed by atoms with Crippen molar-refractivity contribution < 1.29 is 14.5 Å². The van der Waals surface area contributed by atoms with E-state index in [0.29, 0.717) is 12.8 Å². The first kappa shape index (κ1) is 15.1. The molecule has 0 unspecified atom stereocenters. The van der Waals surface area contributed by atoms with Crippen molar-refractivity contribution in [2.75, 3.05) is 5.32 Å². The van der Waals surface area contributed by atoms with Crippen LogP contribution >= 0.6 is 11.6 Å². The van der Waals surface area contributed by atoms with Gasteiger partial charge < -0.3 is 5.32 Å². The molecule has 0 aliphatic rings. The molecule has 1 amide bonds. The predicted octanol–water partition coefficient (Wildman–Crippen LogP) is 3.10. The first-order valence-electron chi connectivity index (χ1n) is 5.73. The summed E-state index contributed by atoms with van der Waals surface area (Å²) in [6.45, 7) is 1.94. The maximum Gasteiger partial charge on any atom is 0.293 e. The zero-order chi connectivity index (χ0) is 14.4. The average molecular weight is 285 g/mol. The van der Waals surface area contributed by atoms with E-state index in [0.717, 1.165) is 12.5 Å². The Kier molecular flexibility index (Phi) is 5.44. The van der Waals surface area contributed by atoms with Crippen LogP contribution < -0.4 is 5.32 Å². The lowest BCUT2D eigenvalue weighted by Gasteiger charge is -2.06. The highest BCUT2D eigenvalue weighted by atomic mass is 35.5. The van der Waals surface area contributed by atoms with Gasteiger partial charge in [0, 0.05) is 18.1 Å². The number of benzene rings is 1. The maximum absolute atomic E-state index is 11.5. The third kappa shape index (κ3) is 4.33. The van der Waals surface area contributed by atoms with Gasteiger partial charge in [-0.2, -0.15) is 0 Å². The quantitative estimate of drug-likeness (QED) is 0.494. The first-order valence-corrected chi connectivity index (χ1v) is 6.11. The molecule has 0 aliphatic heterocycles. The van der Waals surface area contributed by atoms with Gasteiger partial charge in [0.25, 0.3) is 10.9 Å². The Morgan fingerprint density at radius 2 is 2.11 bits per heavy atom. The number of nitrogens with zero attached hydrogens (tertiary/aromatic N) is 1. The Balaban J connectivity index is 2.97. The average Bonchev–Trinajstić information content (AvgIpc) is 2.36. The van der Waals surface area contributed by atoms with Crippen LogP contribution in [0, 0.1) is 10.1 Å². The number of rotatable bonds is 6. The minimum atomic E-state index is -0.785. The fraction of sp³-hybridized carbons (Fsp3) is 0.333. The molecular formula is C12H13ClN2O4. The Labute approximate surface area is 114 Å². The molecule has 1 aromatic carbocycles. The highest BCUT2D eigenvalue weighted by Crippen LogP contribution is 2.26. The number of amides is 1. The zero-order valence-electron chi connectivity index (χ0n) is 10.3. The van der Waals surface area contributed by atoms with E-state index in [1.807, 2.05) is 6.92 Å². The lowest BCUT2D eigenvalue weighted by molar-refractivity contribution is -0.383. The summed E-state index contributed by atoms with van der Waals surface area (Å²) < 4.78 is 0. The summed E-state index contributed by atoms with van der Waals surface area (Å²) >= 11 is 5.26. The molecule has 6 nitrogen and oxygen atoms in total. The SMILES string of the molecule is CCCCC(=O)Nc1ccc(C(=O)Cl)cc1[N+](=O)[O-]. The van der Waals surface area contributed by atoms with Gasteiger partial charge in [0.05, 0.1) is 4.92 Å². The minimum Gasteiger partial charge on any atom is -0.320 e. The molecule has 0 fully saturated rings. The topological polar surface area (TPSA) is 89.3 Å². The van der Waals surface area contributed by atoms with Crippen LogP contribution in [0.15, 0.2) is 18.2 Å². The largest absolute Gasteiger partial charge is 0.320 e. The van der Waals surface area contributed by atoms with Crippen molar-refractivity contribution >= 4 is 34.1 Å². The second kappa shape index (κ2) is 6.84. The van der Waals surface area contributed by atoms with Crippen LogP contribution in [-0.2, 0) is 4.79 Å². The van der Waals surface area contributed by atoms with Crippen LogP contribution in [0.3, 0.4) is 0 Å². The van der Waals surface area contributed by atoms with Crippen LogP contribution in [-0.4, -0.2) is 16.1 Å². The molecule has 7 heteroatoms. The lowest BCUT2D eigenvalue weighted by Crippen LogP contribution is -2.12. The molecule has 0 bridgehead atoms. The van der Waals surface area contributed by atoms with Gasteiger partial charge >= 0.3 is 0 Å². The molecule has 0 atom stereocenters.